The second-order valence-corrected chi connectivity index (χ2v) is 9.66. The minimum atomic E-state index is -1.71. The van der Waals surface area contributed by atoms with E-state index < -0.39 is 17.2 Å². The van der Waals surface area contributed by atoms with E-state index in [0.29, 0.717) is 48.7 Å². The molecule has 8 nitrogen and oxygen atoms in total. The molecule has 2 amide bonds. The number of ether oxygens (including phenoxy) is 1. The molecule has 4 rings (SSSR count). The largest absolute Gasteiger partial charge is 0.507 e. The summed E-state index contributed by atoms with van der Waals surface area (Å²) in [7, 11) is 3.86. The minimum absolute atomic E-state index is 0.178. The van der Waals surface area contributed by atoms with Gasteiger partial charge in [-0.1, -0.05) is 31.5 Å². The van der Waals surface area contributed by atoms with Gasteiger partial charge in [0.05, 0.1) is 17.9 Å². The first kappa shape index (κ1) is 26.4. The zero-order valence-electron chi connectivity index (χ0n) is 22.0. The van der Waals surface area contributed by atoms with Crippen LogP contribution in [0.1, 0.15) is 44.2 Å². The van der Waals surface area contributed by atoms with Crippen molar-refractivity contribution in [3.63, 3.8) is 0 Å². The summed E-state index contributed by atoms with van der Waals surface area (Å²) in [6, 6.07) is 13.9. The lowest BCUT2D eigenvalue weighted by molar-refractivity contribution is -0.143. The highest BCUT2D eigenvalue weighted by Crippen LogP contribution is 2.53. The molecule has 37 heavy (non-hydrogen) atoms. The van der Waals surface area contributed by atoms with Crippen LogP contribution >= 0.6 is 0 Å². The number of unbranched alkanes of at least 4 members (excludes halogenated alkanes) is 1. The maximum Gasteiger partial charge on any atom is 0.296 e. The Bertz CT molecular complexity index is 1220. The zero-order valence-corrected chi connectivity index (χ0v) is 22.0. The highest BCUT2D eigenvalue weighted by atomic mass is 16.5. The lowest BCUT2D eigenvalue weighted by Crippen LogP contribution is -2.52. The number of aliphatic hydroxyl groups excluding tert-OH is 1. The highest BCUT2D eigenvalue weighted by molar-refractivity contribution is 6.50. The number of amides is 2. The molecular formula is C29H35N3O5. The van der Waals surface area contributed by atoms with Crippen molar-refractivity contribution in [1.29, 1.82) is 0 Å². The Kier molecular flexibility index (Phi) is 7.68. The topological polar surface area (TPSA) is 90.4 Å². The third-order valence-electron chi connectivity index (χ3n) is 6.97. The molecule has 0 bridgehead atoms. The summed E-state index contributed by atoms with van der Waals surface area (Å²) in [6.07, 6.45) is 2.21. The maximum atomic E-state index is 14.4. The Morgan fingerprint density at radius 2 is 1.68 bits per heavy atom. The maximum absolute atomic E-state index is 14.4. The van der Waals surface area contributed by atoms with Crippen LogP contribution in [0.15, 0.2) is 54.1 Å². The van der Waals surface area contributed by atoms with Crippen molar-refractivity contribution in [3.8, 4) is 5.75 Å². The second-order valence-electron chi connectivity index (χ2n) is 9.66. The molecule has 1 atom stereocenters. The van der Waals surface area contributed by atoms with Crippen molar-refractivity contribution >= 4 is 29.0 Å². The van der Waals surface area contributed by atoms with Gasteiger partial charge in [-0.2, -0.15) is 0 Å². The lowest BCUT2D eigenvalue weighted by atomic mass is 9.82. The fraction of sp³-hybridized carbons (Fsp3) is 0.414. The van der Waals surface area contributed by atoms with Crippen molar-refractivity contribution < 1.29 is 24.2 Å². The van der Waals surface area contributed by atoms with E-state index in [1.165, 1.54) is 4.90 Å². The molecule has 0 saturated carbocycles. The number of fused-ring (bicyclic) bond motifs is 2. The van der Waals surface area contributed by atoms with Crippen molar-refractivity contribution in [3.05, 3.63) is 65.2 Å². The number of benzene rings is 2. The van der Waals surface area contributed by atoms with Gasteiger partial charge in [-0.15, -0.1) is 0 Å². The molecule has 1 N–H and O–H groups in total. The molecule has 2 aliphatic rings. The molecule has 1 fully saturated rings. The molecule has 2 aliphatic heterocycles. The van der Waals surface area contributed by atoms with E-state index in [2.05, 4.69) is 0 Å². The average Bonchev–Trinajstić information content (AvgIpc) is 3.26. The van der Waals surface area contributed by atoms with Gasteiger partial charge >= 0.3 is 0 Å². The van der Waals surface area contributed by atoms with Gasteiger partial charge in [0.25, 0.3) is 17.6 Å². The number of anilines is 1. The van der Waals surface area contributed by atoms with Crippen LogP contribution in [0.2, 0.25) is 0 Å². The smallest absolute Gasteiger partial charge is 0.296 e. The number of para-hydroxylation sites is 1. The van der Waals surface area contributed by atoms with E-state index in [1.807, 2.05) is 45.0 Å². The molecular weight excluding hydrogens is 470 g/mol. The normalized spacial score (nSPS) is 20.4. The summed E-state index contributed by atoms with van der Waals surface area (Å²) in [5.74, 6) is -1.75. The van der Waals surface area contributed by atoms with E-state index >= 15 is 0 Å². The van der Waals surface area contributed by atoms with Gasteiger partial charge in [-0.05, 0) is 70.7 Å². The van der Waals surface area contributed by atoms with Crippen LogP contribution in [-0.4, -0.2) is 72.8 Å². The summed E-state index contributed by atoms with van der Waals surface area (Å²) >= 11 is 0. The number of likely N-dealkylation sites (tertiary alicyclic amines) is 1. The van der Waals surface area contributed by atoms with Crippen LogP contribution < -0.4 is 9.64 Å². The minimum Gasteiger partial charge on any atom is -0.507 e. The molecule has 0 aliphatic carbocycles. The van der Waals surface area contributed by atoms with Crippen molar-refractivity contribution in [2.24, 2.45) is 0 Å². The predicted molar refractivity (Wildman–Crippen MR) is 142 cm³/mol. The van der Waals surface area contributed by atoms with E-state index in [9.17, 15) is 19.5 Å². The number of ketones is 1. The number of rotatable bonds is 10. The first-order chi connectivity index (χ1) is 17.8. The summed E-state index contributed by atoms with van der Waals surface area (Å²) in [6.45, 7) is 5.74. The lowest BCUT2D eigenvalue weighted by Gasteiger charge is -2.34. The van der Waals surface area contributed by atoms with Crippen molar-refractivity contribution in [1.82, 2.24) is 9.80 Å². The zero-order chi connectivity index (χ0) is 26.7. The fourth-order valence-electron chi connectivity index (χ4n) is 5.27. The van der Waals surface area contributed by atoms with Gasteiger partial charge in [0.2, 0.25) is 0 Å². The van der Waals surface area contributed by atoms with Crippen LogP contribution in [0.25, 0.3) is 5.76 Å². The quantitative estimate of drug-likeness (QED) is 0.300. The van der Waals surface area contributed by atoms with Crippen LogP contribution in [0, 0.1) is 0 Å². The molecule has 1 spiro atoms. The third kappa shape index (κ3) is 4.39. The number of aliphatic hydroxyl groups is 1. The number of Topliss-reactive ketones (excluding diaryl/α,β-unsaturated/α-hetero) is 1. The number of nitrogens with zero attached hydrogens (tertiary/aromatic N) is 3. The number of carbonyl (C=O) groups excluding carboxylic acids is 3. The predicted octanol–water partition coefficient (Wildman–Crippen LogP) is 3.76. The molecule has 2 aromatic rings. The van der Waals surface area contributed by atoms with Gasteiger partial charge in [-0.25, -0.2) is 0 Å². The summed E-state index contributed by atoms with van der Waals surface area (Å²) in [4.78, 5) is 46.6. The fourth-order valence-corrected chi connectivity index (χ4v) is 5.27. The van der Waals surface area contributed by atoms with E-state index in [4.69, 9.17) is 4.74 Å². The standard InChI is InChI=1S/C29H35N3O5/c1-5-7-18-31-23-12-9-8-11-22(23)29(28(31)36)24(25(33)20-13-15-21(16-14-20)37-6-2)26(34)27(35)32(29)19-10-17-30(3)4/h8-9,11-16,33H,5-7,10,17-19H2,1-4H3/b25-24-. The highest BCUT2D eigenvalue weighted by Gasteiger charge is 2.66. The van der Waals surface area contributed by atoms with E-state index in [1.54, 1.807) is 41.3 Å². The Labute approximate surface area is 218 Å². The summed E-state index contributed by atoms with van der Waals surface area (Å²) in [5.41, 5.74) is -0.340. The van der Waals surface area contributed by atoms with Crippen LogP contribution in [-0.2, 0) is 19.9 Å². The van der Waals surface area contributed by atoms with Crippen molar-refractivity contribution in [2.75, 3.05) is 45.2 Å². The first-order valence-electron chi connectivity index (χ1n) is 12.9. The number of carbonyl (C=O) groups is 3. The SMILES string of the molecule is CCCCN1C(=O)C2(/C(=C(\O)c3ccc(OCC)cc3)C(=O)C(=O)N2CCCN(C)C)c2ccccc21. The first-order valence-corrected chi connectivity index (χ1v) is 12.9. The monoisotopic (exact) mass is 505 g/mol. The molecule has 1 saturated heterocycles. The van der Waals surface area contributed by atoms with E-state index in [0.717, 1.165) is 12.8 Å². The van der Waals surface area contributed by atoms with Crippen LogP contribution in [0.4, 0.5) is 5.69 Å². The Morgan fingerprint density at radius 1 is 0.973 bits per heavy atom. The van der Waals surface area contributed by atoms with Crippen molar-refractivity contribution in [2.45, 2.75) is 38.6 Å². The van der Waals surface area contributed by atoms with Gasteiger partial charge in [-0.3, -0.25) is 14.4 Å². The molecule has 1 unspecified atom stereocenters. The van der Waals surface area contributed by atoms with Gasteiger partial charge in [0.1, 0.15) is 11.5 Å². The third-order valence-corrected chi connectivity index (χ3v) is 6.97. The molecule has 0 radical (unpaired) electrons. The van der Waals surface area contributed by atoms with Gasteiger partial charge in [0.15, 0.2) is 5.54 Å². The Morgan fingerprint density at radius 3 is 2.32 bits per heavy atom. The summed E-state index contributed by atoms with van der Waals surface area (Å²) in [5, 5.41) is 11.6. The molecule has 196 valence electrons. The summed E-state index contributed by atoms with van der Waals surface area (Å²) < 4.78 is 5.50. The van der Waals surface area contributed by atoms with Gasteiger partial charge in [0, 0.05) is 24.2 Å². The average molecular weight is 506 g/mol. The number of hydrogen-bond acceptors (Lipinski definition) is 6. The van der Waals surface area contributed by atoms with Crippen LogP contribution in [0.5, 0.6) is 5.75 Å². The molecule has 8 heteroatoms. The molecule has 0 aromatic heterocycles. The Balaban J connectivity index is 1.94. The molecule has 2 aromatic carbocycles. The van der Waals surface area contributed by atoms with Crippen LogP contribution in [0.3, 0.4) is 0 Å². The van der Waals surface area contributed by atoms with Gasteiger partial charge < -0.3 is 24.5 Å². The Hall–Kier alpha value is -3.65. The van der Waals surface area contributed by atoms with E-state index in [-0.39, 0.29) is 23.8 Å². The molecule has 2 heterocycles. The number of hydrogen-bond donors (Lipinski definition) is 1. The second kappa shape index (κ2) is 10.8.